The highest BCUT2D eigenvalue weighted by Crippen LogP contribution is 2.19. The third kappa shape index (κ3) is 3.54. The summed E-state index contributed by atoms with van der Waals surface area (Å²) in [4.78, 5) is 14.9. The minimum Gasteiger partial charge on any atom is -0.361 e. The molecule has 0 radical (unpaired) electrons. The number of halogens is 2. The molecular weight excluding hydrogens is 293 g/mol. The van der Waals surface area contributed by atoms with E-state index in [1.54, 1.807) is 6.07 Å². The van der Waals surface area contributed by atoms with E-state index < -0.39 is 0 Å². The Kier molecular flexibility index (Phi) is 5.20. The number of amides is 1. The zero-order valence-corrected chi connectivity index (χ0v) is 12.4. The number of nitrogens with one attached hydrogen (secondary N) is 3. The van der Waals surface area contributed by atoms with Crippen molar-refractivity contribution < 1.29 is 9.18 Å². The molecular formula is C15H19ClFN3O. The topological polar surface area (TPSA) is 56.9 Å². The van der Waals surface area contributed by atoms with Gasteiger partial charge in [-0.1, -0.05) is 0 Å². The van der Waals surface area contributed by atoms with Crippen molar-refractivity contribution in [3.63, 3.8) is 0 Å². The molecule has 2 aromatic rings. The van der Waals surface area contributed by atoms with Gasteiger partial charge in [0.05, 0.1) is 5.92 Å². The number of fused-ring (bicyclic) bond motifs is 1. The molecule has 1 saturated heterocycles. The second-order valence-corrected chi connectivity index (χ2v) is 5.23. The first kappa shape index (κ1) is 15.8. The van der Waals surface area contributed by atoms with Gasteiger partial charge in [0.15, 0.2) is 0 Å². The number of carbonyl (C=O) groups excluding carboxylic acids is 1. The summed E-state index contributed by atoms with van der Waals surface area (Å²) in [5, 5.41) is 7.17. The summed E-state index contributed by atoms with van der Waals surface area (Å²) in [5.74, 6) is -0.0131. The molecule has 1 unspecified atom stereocenters. The van der Waals surface area contributed by atoms with Crippen LogP contribution in [0.5, 0.6) is 0 Å². The van der Waals surface area contributed by atoms with Gasteiger partial charge >= 0.3 is 0 Å². The average molecular weight is 312 g/mol. The van der Waals surface area contributed by atoms with Crippen LogP contribution in [0.4, 0.5) is 4.39 Å². The molecule has 0 saturated carbocycles. The highest BCUT2D eigenvalue weighted by Gasteiger charge is 2.21. The molecule has 1 fully saturated rings. The molecule has 3 rings (SSSR count). The Morgan fingerprint density at radius 1 is 1.43 bits per heavy atom. The van der Waals surface area contributed by atoms with Crippen LogP contribution >= 0.6 is 12.4 Å². The van der Waals surface area contributed by atoms with Crippen LogP contribution in [0.15, 0.2) is 24.4 Å². The van der Waals surface area contributed by atoms with Crippen LogP contribution in [0, 0.1) is 11.7 Å². The molecule has 1 atom stereocenters. The Balaban J connectivity index is 0.00000161. The van der Waals surface area contributed by atoms with E-state index in [1.807, 2.05) is 6.20 Å². The lowest BCUT2D eigenvalue weighted by atomic mass is 10.1. The molecule has 1 aliphatic heterocycles. The largest absolute Gasteiger partial charge is 0.361 e. The van der Waals surface area contributed by atoms with E-state index in [0.717, 1.165) is 42.4 Å². The molecule has 1 aromatic carbocycles. The van der Waals surface area contributed by atoms with Gasteiger partial charge in [-0.05, 0) is 43.1 Å². The molecule has 0 aliphatic carbocycles. The fourth-order valence-electron chi connectivity index (χ4n) is 2.71. The van der Waals surface area contributed by atoms with Crippen molar-refractivity contribution in [3.8, 4) is 0 Å². The van der Waals surface area contributed by atoms with Gasteiger partial charge in [0.25, 0.3) is 0 Å². The van der Waals surface area contributed by atoms with Crippen molar-refractivity contribution in [1.82, 2.24) is 15.6 Å². The van der Waals surface area contributed by atoms with Crippen LogP contribution in [0.1, 0.15) is 12.0 Å². The van der Waals surface area contributed by atoms with Crippen molar-refractivity contribution in [2.75, 3.05) is 19.6 Å². The standard InChI is InChI=1S/C15H18FN3O.ClH/c16-12-1-2-13-10(9-19-14(13)7-12)4-6-18-15(20)11-3-5-17-8-11;/h1-2,7,9,11,17,19H,3-6,8H2,(H,18,20);1H. The molecule has 2 heterocycles. The van der Waals surface area contributed by atoms with Crippen LogP contribution in [-0.4, -0.2) is 30.5 Å². The lowest BCUT2D eigenvalue weighted by molar-refractivity contribution is -0.124. The number of benzene rings is 1. The fraction of sp³-hybridized carbons (Fsp3) is 0.400. The highest BCUT2D eigenvalue weighted by molar-refractivity contribution is 5.85. The molecule has 6 heteroatoms. The summed E-state index contributed by atoms with van der Waals surface area (Å²) in [5.41, 5.74) is 1.90. The van der Waals surface area contributed by atoms with Crippen LogP contribution in [-0.2, 0) is 11.2 Å². The van der Waals surface area contributed by atoms with Crippen LogP contribution in [0.25, 0.3) is 10.9 Å². The van der Waals surface area contributed by atoms with Gasteiger partial charge in [0.2, 0.25) is 5.91 Å². The number of carbonyl (C=O) groups is 1. The average Bonchev–Trinajstić information content (AvgIpc) is 3.08. The van der Waals surface area contributed by atoms with E-state index in [-0.39, 0.29) is 30.0 Å². The van der Waals surface area contributed by atoms with Crippen molar-refractivity contribution in [2.24, 2.45) is 5.92 Å². The van der Waals surface area contributed by atoms with Gasteiger partial charge < -0.3 is 15.6 Å². The fourth-order valence-corrected chi connectivity index (χ4v) is 2.71. The zero-order valence-electron chi connectivity index (χ0n) is 11.6. The SMILES string of the molecule is Cl.O=C(NCCc1c[nH]c2cc(F)ccc12)C1CCNC1. The molecule has 1 amide bonds. The molecule has 4 nitrogen and oxygen atoms in total. The maximum absolute atomic E-state index is 13.1. The minimum atomic E-state index is -0.243. The predicted molar refractivity (Wildman–Crippen MR) is 83.2 cm³/mol. The molecule has 0 bridgehead atoms. The summed E-state index contributed by atoms with van der Waals surface area (Å²) >= 11 is 0. The second kappa shape index (κ2) is 6.91. The van der Waals surface area contributed by atoms with Gasteiger partial charge in [-0.25, -0.2) is 4.39 Å². The van der Waals surface area contributed by atoms with Crippen LogP contribution in [0.3, 0.4) is 0 Å². The molecule has 1 aliphatic rings. The van der Waals surface area contributed by atoms with Crippen LogP contribution < -0.4 is 10.6 Å². The van der Waals surface area contributed by atoms with Crippen molar-refractivity contribution in [3.05, 3.63) is 35.8 Å². The number of aromatic amines is 1. The summed E-state index contributed by atoms with van der Waals surface area (Å²) in [7, 11) is 0. The van der Waals surface area contributed by atoms with Gasteiger partial charge in [0, 0.05) is 30.2 Å². The second-order valence-electron chi connectivity index (χ2n) is 5.23. The van der Waals surface area contributed by atoms with Crippen molar-refractivity contribution >= 4 is 29.2 Å². The van der Waals surface area contributed by atoms with E-state index in [1.165, 1.54) is 12.1 Å². The van der Waals surface area contributed by atoms with Gasteiger partial charge in [-0.2, -0.15) is 0 Å². The van der Waals surface area contributed by atoms with Crippen LogP contribution in [0.2, 0.25) is 0 Å². The van der Waals surface area contributed by atoms with Crippen molar-refractivity contribution in [1.29, 1.82) is 0 Å². The maximum Gasteiger partial charge on any atom is 0.224 e. The quantitative estimate of drug-likeness (QED) is 0.809. The molecule has 21 heavy (non-hydrogen) atoms. The maximum atomic E-state index is 13.1. The lowest BCUT2D eigenvalue weighted by Crippen LogP contribution is -2.33. The van der Waals surface area contributed by atoms with Crippen molar-refractivity contribution in [2.45, 2.75) is 12.8 Å². The molecule has 1 aromatic heterocycles. The first-order chi connectivity index (χ1) is 9.74. The Labute approximate surface area is 128 Å². The number of aromatic nitrogens is 1. The first-order valence-corrected chi connectivity index (χ1v) is 6.98. The Morgan fingerprint density at radius 3 is 3.05 bits per heavy atom. The smallest absolute Gasteiger partial charge is 0.224 e. The number of hydrogen-bond donors (Lipinski definition) is 3. The van der Waals surface area contributed by atoms with Gasteiger partial charge in [0.1, 0.15) is 5.82 Å². The van der Waals surface area contributed by atoms with E-state index in [4.69, 9.17) is 0 Å². The van der Waals surface area contributed by atoms with E-state index >= 15 is 0 Å². The molecule has 0 spiro atoms. The summed E-state index contributed by atoms with van der Waals surface area (Å²) in [6.45, 7) is 2.31. The highest BCUT2D eigenvalue weighted by atomic mass is 35.5. The van der Waals surface area contributed by atoms with Gasteiger partial charge in [-0.15, -0.1) is 12.4 Å². The van der Waals surface area contributed by atoms with E-state index in [9.17, 15) is 9.18 Å². The monoisotopic (exact) mass is 311 g/mol. The number of hydrogen-bond acceptors (Lipinski definition) is 2. The normalized spacial score (nSPS) is 17.7. The Morgan fingerprint density at radius 2 is 2.29 bits per heavy atom. The van der Waals surface area contributed by atoms with E-state index in [0.29, 0.717) is 6.54 Å². The predicted octanol–water partition coefficient (Wildman–Crippen LogP) is 2.00. The minimum absolute atomic E-state index is 0. The summed E-state index contributed by atoms with van der Waals surface area (Å²) in [6.07, 6.45) is 3.54. The third-order valence-electron chi connectivity index (χ3n) is 3.85. The number of rotatable bonds is 4. The molecule has 3 N–H and O–H groups in total. The van der Waals surface area contributed by atoms with E-state index in [2.05, 4.69) is 15.6 Å². The lowest BCUT2D eigenvalue weighted by Gasteiger charge is -2.09. The Bertz CT molecular complexity index is 622. The Hall–Kier alpha value is -1.59. The van der Waals surface area contributed by atoms with Gasteiger partial charge in [-0.3, -0.25) is 4.79 Å². The number of H-pyrrole nitrogens is 1. The summed E-state index contributed by atoms with van der Waals surface area (Å²) in [6, 6.07) is 4.73. The zero-order chi connectivity index (χ0) is 13.9. The first-order valence-electron chi connectivity index (χ1n) is 6.98. The summed E-state index contributed by atoms with van der Waals surface area (Å²) < 4.78 is 13.1. The molecule has 114 valence electrons. The third-order valence-corrected chi connectivity index (χ3v) is 3.85.